The van der Waals surface area contributed by atoms with Crippen LogP contribution in [-0.2, 0) is 14.8 Å². The quantitative estimate of drug-likeness (QED) is 0.699. The van der Waals surface area contributed by atoms with E-state index in [1.165, 1.54) is 6.26 Å². The minimum Gasteiger partial charge on any atom is -0.379 e. The molecule has 2 N–H and O–H groups in total. The van der Waals surface area contributed by atoms with Gasteiger partial charge in [-0.15, -0.1) is 0 Å². The second-order valence-corrected chi connectivity index (χ2v) is 7.96. The molecule has 0 fully saturated rings. The molecule has 0 heterocycles. The first-order valence-corrected chi connectivity index (χ1v) is 8.03. The molecule has 0 spiro atoms. The summed E-state index contributed by atoms with van der Waals surface area (Å²) in [6, 6.07) is 0.251. The van der Waals surface area contributed by atoms with Crippen LogP contribution >= 0.6 is 0 Å². The third-order valence-electron chi connectivity index (χ3n) is 2.70. The molecule has 0 radical (unpaired) electrons. The van der Waals surface area contributed by atoms with Crippen LogP contribution in [0, 0.1) is 0 Å². The lowest BCUT2D eigenvalue weighted by molar-refractivity contribution is 0.00821. The second-order valence-electron chi connectivity index (χ2n) is 6.21. The number of rotatable bonds is 8. The highest BCUT2D eigenvalue weighted by atomic mass is 32.2. The molecular weight excluding hydrogens is 252 g/mol. The Labute approximate surface area is 112 Å². The highest BCUT2D eigenvalue weighted by Gasteiger charge is 2.24. The molecule has 0 bridgehead atoms. The largest absolute Gasteiger partial charge is 0.379 e. The first-order chi connectivity index (χ1) is 7.87. The zero-order chi connectivity index (χ0) is 14.6. The van der Waals surface area contributed by atoms with Gasteiger partial charge in [0.05, 0.1) is 11.9 Å². The maximum Gasteiger partial charge on any atom is 0.209 e. The van der Waals surface area contributed by atoms with Crippen LogP contribution in [0.4, 0.5) is 0 Å². The summed E-state index contributed by atoms with van der Waals surface area (Å²) in [5, 5.41) is 3.33. The number of hydrogen-bond donors (Lipinski definition) is 2. The summed E-state index contributed by atoms with van der Waals surface area (Å²) in [4.78, 5) is 0. The molecular formula is C12H28N2O3S. The summed E-state index contributed by atoms with van der Waals surface area (Å²) in [6.45, 7) is 10.4. The molecule has 6 heteroatoms. The summed E-state index contributed by atoms with van der Waals surface area (Å²) in [6.07, 6.45) is 2.03. The minimum absolute atomic E-state index is 0.180. The average molecular weight is 280 g/mol. The SMILES string of the molecule is COC(C)(C)CC(C)NCC(C)(C)NS(C)(=O)=O. The molecule has 1 unspecified atom stereocenters. The molecule has 0 saturated heterocycles. The number of sulfonamides is 1. The number of hydrogen-bond acceptors (Lipinski definition) is 4. The molecule has 1 atom stereocenters. The first-order valence-electron chi connectivity index (χ1n) is 6.14. The van der Waals surface area contributed by atoms with Crippen molar-refractivity contribution in [2.24, 2.45) is 0 Å². The number of methoxy groups -OCH3 is 1. The third kappa shape index (κ3) is 8.85. The molecule has 5 nitrogen and oxygen atoms in total. The molecule has 0 aromatic rings. The zero-order valence-electron chi connectivity index (χ0n) is 12.6. The van der Waals surface area contributed by atoms with E-state index in [1.54, 1.807) is 7.11 Å². The summed E-state index contributed by atoms with van der Waals surface area (Å²) in [5.74, 6) is 0. The average Bonchev–Trinajstić information content (AvgIpc) is 2.11. The van der Waals surface area contributed by atoms with Crippen LogP contribution in [0.5, 0.6) is 0 Å². The fraction of sp³-hybridized carbons (Fsp3) is 1.00. The van der Waals surface area contributed by atoms with Crippen LogP contribution in [-0.4, -0.2) is 45.5 Å². The molecule has 0 aliphatic heterocycles. The molecule has 0 aliphatic carbocycles. The van der Waals surface area contributed by atoms with Crippen molar-refractivity contribution in [2.45, 2.75) is 58.2 Å². The highest BCUT2D eigenvalue weighted by molar-refractivity contribution is 7.88. The van der Waals surface area contributed by atoms with Gasteiger partial charge in [-0.2, -0.15) is 0 Å². The fourth-order valence-electron chi connectivity index (χ4n) is 1.86. The zero-order valence-corrected chi connectivity index (χ0v) is 13.4. The van der Waals surface area contributed by atoms with E-state index in [2.05, 4.69) is 17.0 Å². The van der Waals surface area contributed by atoms with Gasteiger partial charge in [-0.25, -0.2) is 13.1 Å². The maximum absolute atomic E-state index is 11.2. The fourth-order valence-corrected chi connectivity index (χ4v) is 2.94. The van der Waals surface area contributed by atoms with E-state index < -0.39 is 15.6 Å². The molecule has 0 saturated carbocycles. The van der Waals surface area contributed by atoms with Crippen molar-refractivity contribution in [1.82, 2.24) is 10.0 Å². The van der Waals surface area contributed by atoms with E-state index in [4.69, 9.17) is 4.74 Å². The summed E-state index contributed by atoms with van der Waals surface area (Å²) in [5.41, 5.74) is -0.681. The van der Waals surface area contributed by atoms with Gasteiger partial charge < -0.3 is 10.1 Å². The van der Waals surface area contributed by atoms with Crippen LogP contribution in [0.25, 0.3) is 0 Å². The van der Waals surface area contributed by atoms with E-state index in [1.807, 2.05) is 27.7 Å². The van der Waals surface area contributed by atoms with Crippen molar-refractivity contribution in [2.75, 3.05) is 19.9 Å². The summed E-state index contributed by atoms with van der Waals surface area (Å²) in [7, 11) is -1.49. The molecule has 0 amide bonds. The second kappa shape index (κ2) is 6.32. The van der Waals surface area contributed by atoms with Gasteiger partial charge in [0, 0.05) is 25.2 Å². The van der Waals surface area contributed by atoms with Crippen LogP contribution in [0.2, 0.25) is 0 Å². The van der Waals surface area contributed by atoms with E-state index in [9.17, 15) is 8.42 Å². The normalized spacial score (nSPS) is 15.7. The lowest BCUT2D eigenvalue weighted by Crippen LogP contribution is -2.52. The molecule has 0 rings (SSSR count). The smallest absolute Gasteiger partial charge is 0.209 e. The van der Waals surface area contributed by atoms with Crippen molar-refractivity contribution in [3.05, 3.63) is 0 Å². The van der Waals surface area contributed by atoms with Crippen LogP contribution in [0.15, 0.2) is 0 Å². The summed E-state index contributed by atoms with van der Waals surface area (Å²) >= 11 is 0. The molecule has 0 aromatic carbocycles. The number of ether oxygens (including phenoxy) is 1. The number of nitrogens with one attached hydrogen (secondary N) is 2. The lowest BCUT2D eigenvalue weighted by atomic mass is 9.99. The van der Waals surface area contributed by atoms with Crippen molar-refractivity contribution < 1.29 is 13.2 Å². The van der Waals surface area contributed by atoms with Gasteiger partial charge in [0.15, 0.2) is 0 Å². The van der Waals surface area contributed by atoms with Gasteiger partial charge in [0.2, 0.25) is 10.0 Å². The topological polar surface area (TPSA) is 67.4 Å². The van der Waals surface area contributed by atoms with Gasteiger partial charge in [-0.1, -0.05) is 0 Å². The molecule has 0 aliphatic rings. The first kappa shape index (κ1) is 17.8. The summed E-state index contributed by atoms with van der Waals surface area (Å²) < 4.78 is 30.4. The lowest BCUT2D eigenvalue weighted by Gasteiger charge is -2.31. The highest BCUT2D eigenvalue weighted by Crippen LogP contribution is 2.15. The maximum atomic E-state index is 11.2. The monoisotopic (exact) mass is 280 g/mol. The Hall–Kier alpha value is -0.170. The van der Waals surface area contributed by atoms with Crippen LogP contribution in [0.1, 0.15) is 41.0 Å². The Morgan fingerprint density at radius 3 is 2.11 bits per heavy atom. The van der Waals surface area contributed by atoms with Crippen LogP contribution in [0.3, 0.4) is 0 Å². The van der Waals surface area contributed by atoms with Gasteiger partial charge in [0.25, 0.3) is 0 Å². The van der Waals surface area contributed by atoms with Gasteiger partial charge in [-0.3, -0.25) is 0 Å². The minimum atomic E-state index is -3.18. The Balaban J connectivity index is 4.24. The standard InChI is InChI=1S/C12H28N2O3S/c1-10(8-12(4,5)17-6)13-9-11(2,3)14-18(7,15)16/h10,13-14H,8-9H2,1-7H3. The van der Waals surface area contributed by atoms with Crippen molar-refractivity contribution >= 4 is 10.0 Å². The third-order valence-corrected chi connectivity index (χ3v) is 3.63. The van der Waals surface area contributed by atoms with E-state index in [0.29, 0.717) is 6.54 Å². The predicted molar refractivity (Wildman–Crippen MR) is 75.2 cm³/mol. The van der Waals surface area contributed by atoms with E-state index >= 15 is 0 Å². The van der Waals surface area contributed by atoms with Crippen molar-refractivity contribution in [3.8, 4) is 0 Å². The molecule has 110 valence electrons. The Morgan fingerprint density at radius 1 is 1.22 bits per heavy atom. The van der Waals surface area contributed by atoms with Gasteiger partial charge >= 0.3 is 0 Å². The Kier molecular flexibility index (Phi) is 6.26. The molecule has 18 heavy (non-hydrogen) atoms. The van der Waals surface area contributed by atoms with Gasteiger partial charge in [-0.05, 0) is 41.0 Å². The molecule has 0 aromatic heterocycles. The Bertz CT molecular complexity index is 350. The van der Waals surface area contributed by atoms with Crippen molar-refractivity contribution in [3.63, 3.8) is 0 Å². The van der Waals surface area contributed by atoms with E-state index in [0.717, 1.165) is 6.42 Å². The van der Waals surface area contributed by atoms with E-state index in [-0.39, 0.29) is 11.6 Å². The van der Waals surface area contributed by atoms with Crippen molar-refractivity contribution in [1.29, 1.82) is 0 Å². The Morgan fingerprint density at radius 2 is 1.72 bits per heavy atom. The van der Waals surface area contributed by atoms with Crippen LogP contribution < -0.4 is 10.0 Å². The van der Waals surface area contributed by atoms with Gasteiger partial charge in [0.1, 0.15) is 0 Å². The predicted octanol–water partition coefficient (Wildman–Crippen LogP) is 1.11.